The predicted octanol–water partition coefficient (Wildman–Crippen LogP) is 0.632. The van der Waals surface area contributed by atoms with Crippen LogP contribution in [0.3, 0.4) is 0 Å². The van der Waals surface area contributed by atoms with Gasteiger partial charge in [0.25, 0.3) is 0 Å². The minimum Gasteiger partial charge on any atom is -0.117 e. The lowest BCUT2D eigenvalue weighted by atomic mass is 10.6. The molecule has 0 nitrogen and oxygen atoms in total. The van der Waals surface area contributed by atoms with E-state index in [9.17, 15) is 0 Å². The number of rotatable bonds is 0. The van der Waals surface area contributed by atoms with Gasteiger partial charge < -0.3 is 0 Å². The highest BCUT2D eigenvalue weighted by Gasteiger charge is 2.03. The maximum Gasteiger partial charge on any atom is 0.0224 e. The topological polar surface area (TPSA) is 0 Å². The van der Waals surface area contributed by atoms with Crippen LogP contribution in [0, 0.1) is 5.75 Å². The number of hydrogen-bond donors (Lipinski definition) is 0. The van der Waals surface area contributed by atoms with E-state index >= 15 is 0 Å². The van der Waals surface area contributed by atoms with Crippen molar-refractivity contribution in [2.24, 2.45) is 0 Å². The minimum absolute atomic E-state index is 0.316. The quantitative estimate of drug-likeness (QED) is 0.435. The first-order valence-corrected chi connectivity index (χ1v) is 3.98. The van der Waals surface area contributed by atoms with Crippen molar-refractivity contribution in [2.75, 3.05) is 5.75 Å². The van der Waals surface area contributed by atoms with E-state index < -0.39 is 0 Å². The molecule has 0 aliphatic carbocycles. The largest absolute Gasteiger partial charge is 0.117 e. The average Bonchev–Trinajstić information content (AvgIpc) is 1.30. The summed E-state index contributed by atoms with van der Waals surface area (Å²) < 4.78 is 0. The van der Waals surface area contributed by atoms with Gasteiger partial charge in [0, 0.05) is 5.75 Å². The van der Waals surface area contributed by atoms with E-state index in [0.717, 1.165) is 0 Å². The first-order chi connectivity index (χ1) is 2.39. The molecule has 1 aliphatic rings. The van der Waals surface area contributed by atoms with Gasteiger partial charge in [-0.1, -0.05) is 11.2 Å². The van der Waals surface area contributed by atoms with Gasteiger partial charge >= 0.3 is 0 Å². The van der Waals surface area contributed by atoms with E-state index in [-0.39, 0.29) is 0 Å². The van der Waals surface area contributed by atoms with E-state index in [4.69, 9.17) is 11.2 Å². The summed E-state index contributed by atoms with van der Waals surface area (Å²) in [6.07, 6.45) is 1.27. The Morgan fingerprint density at radius 1 is 1.80 bits per heavy atom. The van der Waals surface area contributed by atoms with Crippen molar-refractivity contribution in [3.63, 3.8) is 0 Å². The van der Waals surface area contributed by atoms with Gasteiger partial charge in [-0.2, -0.15) is 0 Å². The Hall–Kier alpha value is 0.570. The first-order valence-electron chi connectivity index (χ1n) is 1.60. The normalized spacial score (nSPS) is 25.6. The Labute approximate surface area is 39.2 Å². The van der Waals surface area contributed by atoms with Gasteiger partial charge in [0.15, 0.2) is 0 Å². The lowest BCUT2D eigenvalue weighted by molar-refractivity contribution is 1.16. The molecule has 1 radical (unpaired) electrons. The standard InChI is InChI=1S/C3H5S2/c4-5-2-1-3-5/h2H,1,3H2. The molecule has 1 fully saturated rings. The maximum atomic E-state index is 4.84. The fourth-order valence-corrected chi connectivity index (χ4v) is 1.22. The second kappa shape index (κ2) is 1.35. The maximum absolute atomic E-state index is 4.84. The molecule has 0 amide bonds. The van der Waals surface area contributed by atoms with Crippen LogP contribution < -0.4 is 0 Å². The Morgan fingerprint density at radius 2 is 2.20 bits per heavy atom. The van der Waals surface area contributed by atoms with Crippen molar-refractivity contribution < 1.29 is 0 Å². The van der Waals surface area contributed by atoms with E-state index in [2.05, 4.69) is 5.75 Å². The zero-order chi connectivity index (χ0) is 3.70. The summed E-state index contributed by atoms with van der Waals surface area (Å²) in [4.78, 5) is 0. The lowest BCUT2D eigenvalue weighted by Gasteiger charge is -2.10. The summed E-state index contributed by atoms with van der Waals surface area (Å²) in [7, 11) is 0.316. The molecule has 2 heteroatoms. The van der Waals surface area contributed by atoms with Gasteiger partial charge in [0.1, 0.15) is 0 Å². The van der Waals surface area contributed by atoms with Gasteiger partial charge in [0.05, 0.1) is 0 Å². The minimum atomic E-state index is 0.316. The highest BCUT2D eigenvalue weighted by atomic mass is 32.8. The van der Waals surface area contributed by atoms with Crippen LogP contribution >= 0.6 is 0 Å². The second-order valence-electron chi connectivity index (χ2n) is 1.04. The first kappa shape index (κ1) is 3.75. The molecule has 1 heterocycles. The highest BCUT2D eigenvalue weighted by Crippen LogP contribution is 2.08. The van der Waals surface area contributed by atoms with Gasteiger partial charge in [-0.15, -0.1) is 9.45 Å². The molecule has 0 bridgehead atoms. The molecule has 1 unspecified atom stereocenters. The molecule has 0 aromatic carbocycles. The van der Waals surface area contributed by atoms with Gasteiger partial charge in [-0.25, -0.2) is 0 Å². The van der Waals surface area contributed by atoms with Gasteiger partial charge in [-0.3, -0.25) is 0 Å². The summed E-state index contributed by atoms with van der Waals surface area (Å²) in [6, 6.07) is 0. The molecule has 0 aromatic heterocycles. The molecule has 1 aliphatic heterocycles. The van der Waals surface area contributed by atoms with Crippen LogP contribution in [0.25, 0.3) is 0 Å². The lowest BCUT2D eigenvalue weighted by Crippen LogP contribution is -2.07. The van der Waals surface area contributed by atoms with Crippen molar-refractivity contribution in [1.29, 1.82) is 0 Å². The van der Waals surface area contributed by atoms with E-state index in [1.165, 1.54) is 12.2 Å². The SMILES string of the molecule is S=S1[CH]CC1. The molecule has 5 heavy (non-hydrogen) atoms. The Balaban J connectivity index is 2.32. The smallest absolute Gasteiger partial charge is 0.0224 e. The molecule has 0 N–H and O–H groups in total. The zero-order valence-electron chi connectivity index (χ0n) is 2.81. The molecular weight excluding hydrogens is 100 g/mol. The Kier molecular flexibility index (Phi) is 1.01. The third-order valence-corrected chi connectivity index (χ3v) is 2.78. The van der Waals surface area contributed by atoms with Gasteiger partial charge in [0.2, 0.25) is 0 Å². The van der Waals surface area contributed by atoms with E-state index in [1.807, 2.05) is 0 Å². The van der Waals surface area contributed by atoms with Crippen molar-refractivity contribution >= 4 is 20.6 Å². The Bertz CT molecular complexity index is 51.9. The molecule has 1 rings (SSSR count). The molecule has 0 spiro atoms. The van der Waals surface area contributed by atoms with Crippen LogP contribution in [0.1, 0.15) is 6.42 Å². The van der Waals surface area contributed by atoms with E-state index in [0.29, 0.717) is 9.45 Å². The molecule has 1 saturated heterocycles. The van der Waals surface area contributed by atoms with Crippen LogP contribution in [0.2, 0.25) is 0 Å². The number of hydrogen-bond acceptors (Lipinski definition) is 1. The van der Waals surface area contributed by atoms with E-state index in [1.54, 1.807) is 0 Å². The predicted molar refractivity (Wildman–Crippen MR) is 28.5 cm³/mol. The average molecular weight is 105 g/mol. The third kappa shape index (κ3) is 0.699. The third-order valence-electron chi connectivity index (χ3n) is 0.623. The molecule has 0 saturated carbocycles. The van der Waals surface area contributed by atoms with Gasteiger partial charge in [-0.05, 0) is 12.2 Å². The second-order valence-corrected chi connectivity index (χ2v) is 3.83. The summed E-state index contributed by atoms with van der Waals surface area (Å²) in [6.45, 7) is 0. The van der Waals surface area contributed by atoms with Crippen molar-refractivity contribution in [3.05, 3.63) is 5.75 Å². The fourth-order valence-electron chi connectivity index (χ4n) is 0.214. The molecule has 0 aromatic rings. The summed E-state index contributed by atoms with van der Waals surface area (Å²) in [5.74, 6) is 3.46. The molecular formula is C3H5S2. The van der Waals surface area contributed by atoms with Crippen molar-refractivity contribution in [3.8, 4) is 0 Å². The molecule has 1 atom stereocenters. The van der Waals surface area contributed by atoms with Crippen LogP contribution in [0.4, 0.5) is 0 Å². The van der Waals surface area contributed by atoms with Crippen LogP contribution in [-0.4, -0.2) is 5.75 Å². The van der Waals surface area contributed by atoms with Crippen LogP contribution in [0.5, 0.6) is 0 Å². The van der Waals surface area contributed by atoms with Crippen molar-refractivity contribution in [1.82, 2.24) is 0 Å². The monoisotopic (exact) mass is 105 g/mol. The summed E-state index contributed by atoms with van der Waals surface area (Å²) >= 11 is 4.84. The van der Waals surface area contributed by atoms with Crippen molar-refractivity contribution in [2.45, 2.75) is 6.42 Å². The summed E-state index contributed by atoms with van der Waals surface area (Å²) in [5.41, 5.74) is 0. The van der Waals surface area contributed by atoms with Crippen LogP contribution in [0.15, 0.2) is 0 Å². The summed E-state index contributed by atoms with van der Waals surface area (Å²) in [5, 5.41) is 0. The highest BCUT2D eigenvalue weighted by molar-refractivity contribution is 8.30. The Morgan fingerprint density at radius 3 is 2.20 bits per heavy atom. The molecule has 29 valence electrons. The van der Waals surface area contributed by atoms with Crippen LogP contribution in [-0.2, 0) is 20.6 Å². The fraction of sp³-hybridized carbons (Fsp3) is 0.667. The zero-order valence-corrected chi connectivity index (χ0v) is 4.44.